The number of hydrogen-bond donors (Lipinski definition) is 1. The minimum Gasteiger partial charge on any atom is -0.351 e. The number of thioether (sulfide) groups is 1. The molecule has 1 N–H and O–H groups in total. The molecule has 0 fully saturated rings. The van der Waals surface area contributed by atoms with Gasteiger partial charge >= 0.3 is 0 Å². The summed E-state index contributed by atoms with van der Waals surface area (Å²) in [6.45, 7) is 4.77. The molecule has 5 nitrogen and oxygen atoms in total. The molecule has 3 aromatic heterocycles. The van der Waals surface area contributed by atoms with Gasteiger partial charge in [0.15, 0.2) is 5.65 Å². The lowest BCUT2D eigenvalue weighted by Crippen LogP contribution is -2.25. The summed E-state index contributed by atoms with van der Waals surface area (Å²) < 4.78 is 1.86. The van der Waals surface area contributed by atoms with E-state index in [0.29, 0.717) is 12.1 Å². The molecule has 0 bridgehead atoms. The molecule has 1 amide bonds. The number of carbonyl (C=O) groups is 1. The Morgan fingerprint density at radius 2 is 2.29 bits per heavy atom. The molecule has 0 saturated heterocycles. The van der Waals surface area contributed by atoms with Crippen LogP contribution in [0.15, 0.2) is 36.0 Å². The second kappa shape index (κ2) is 7.81. The van der Waals surface area contributed by atoms with E-state index in [-0.39, 0.29) is 11.9 Å². The largest absolute Gasteiger partial charge is 0.351 e. The predicted molar refractivity (Wildman–Crippen MR) is 101 cm³/mol. The molecule has 0 unspecified atom stereocenters. The average molecular weight is 361 g/mol. The second-order valence-electron chi connectivity index (χ2n) is 5.71. The highest BCUT2D eigenvalue weighted by Crippen LogP contribution is 2.17. The van der Waals surface area contributed by atoms with Gasteiger partial charge < -0.3 is 5.32 Å². The Kier molecular flexibility index (Phi) is 5.52. The van der Waals surface area contributed by atoms with Gasteiger partial charge in [-0.2, -0.15) is 16.9 Å². The standard InChI is InChI=1S/C17H20N4OS2/c1-12(2)21-16-13(10-20-21)8-14(9-19-16)17(22)18-5-7-23-11-15-4-3-6-24-15/h3-4,6,8-10,12H,5,7,11H2,1-2H3,(H,18,22). The van der Waals surface area contributed by atoms with Crippen LogP contribution in [-0.4, -0.2) is 33.0 Å². The molecule has 3 heterocycles. The van der Waals surface area contributed by atoms with Crippen molar-refractivity contribution in [2.75, 3.05) is 12.3 Å². The van der Waals surface area contributed by atoms with Crippen LogP contribution in [0.25, 0.3) is 11.0 Å². The van der Waals surface area contributed by atoms with Crippen molar-refractivity contribution < 1.29 is 4.79 Å². The minimum absolute atomic E-state index is 0.0848. The summed E-state index contributed by atoms with van der Waals surface area (Å²) >= 11 is 3.59. The smallest absolute Gasteiger partial charge is 0.252 e. The van der Waals surface area contributed by atoms with Crippen molar-refractivity contribution in [3.63, 3.8) is 0 Å². The van der Waals surface area contributed by atoms with Crippen molar-refractivity contribution in [2.24, 2.45) is 0 Å². The van der Waals surface area contributed by atoms with Crippen LogP contribution < -0.4 is 5.32 Å². The molecular weight excluding hydrogens is 340 g/mol. The molecule has 7 heteroatoms. The van der Waals surface area contributed by atoms with E-state index >= 15 is 0 Å². The third-order valence-electron chi connectivity index (χ3n) is 3.54. The Labute approximate surface area is 149 Å². The summed E-state index contributed by atoms with van der Waals surface area (Å²) in [5.74, 6) is 1.80. The van der Waals surface area contributed by atoms with Gasteiger partial charge in [-0.1, -0.05) is 6.07 Å². The van der Waals surface area contributed by atoms with E-state index in [2.05, 4.69) is 46.8 Å². The van der Waals surface area contributed by atoms with E-state index in [1.807, 2.05) is 22.5 Å². The van der Waals surface area contributed by atoms with Gasteiger partial charge in [0, 0.05) is 40.6 Å². The number of nitrogens with one attached hydrogen (secondary N) is 1. The number of aromatic nitrogens is 3. The first-order valence-corrected chi connectivity index (χ1v) is 9.90. The van der Waals surface area contributed by atoms with Crippen molar-refractivity contribution in [1.82, 2.24) is 20.1 Å². The number of nitrogens with zero attached hydrogens (tertiary/aromatic N) is 3. The average Bonchev–Trinajstić information content (AvgIpc) is 3.22. The third-order valence-corrected chi connectivity index (χ3v) is 5.61. The van der Waals surface area contributed by atoms with Crippen LogP contribution in [0.5, 0.6) is 0 Å². The summed E-state index contributed by atoms with van der Waals surface area (Å²) in [4.78, 5) is 18.0. The van der Waals surface area contributed by atoms with Crippen LogP contribution in [0.3, 0.4) is 0 Å². The zero-order chi connectivity index (χ0) is 16.9. The van der Waals surface area contributed by atoms with Gasteiger partial charge in [-0.25, -0.2) is 9.67 Å². The number of pyridine rings is 1. The molecule has 0 aliphatic heterocycles. The third kappa shape index (κ3) is 3.96. The molecule has 126 valence electrons. The molecule has 24 heavy (non-hydrogen) atoms. The Morgan fingerprint density at radius 3 is 3.04 bits per heavy atom. The Bertz CT molecular complexity index is 811. The minimum atomic E-state index is -0.0848. The van der Waals surface area contributed by atoms with Crippen LogP contribution >= 0.6 is 23.1 Å². The van der Waals surface area contributed by atoms with Crippen molar-refractivity contribution in [1.29, 1.82) is 0 Å². The summed E-state index contributed by atoms with van der Waals surface area (Å²) in [5, 5.41) is 10.3. The zero-order valence-corrected chi connectivity index (χ0v) is 15.4. The van der Waals surface area contributed by atoms with Gasteiger partial charge in [-0.15, -0.1) is 11.3 Å². The first-order chi connectivity index (χ1) is 11.6. The van der Waals surface area contributed by atoms with E-state index < -0.39 is 0 Å². The van der Waals surface area contributed by atoms with Crippen molar-refractivity contribution >= 4 is 40.0 Å². The fourth-order valence-corrected chi connectivity index (χ4v) is 4.05. The molecule has 0 spiro atoms. The highest BCUT2D eigenvalue weighted by Gasteiger charge is 2.11. The number of carbonyl (C=O) groups excluding carboxylic acids is 1. The summed E-state index contributed by atoms with van der Waals surface area (Å²) in [6, 6.07) is 6.29. The zero-order valence-electron chi connectivity index (χ0n) is 13.7. The van der Waals surface area contributed by atoms with E-state index in [0.717, 1.165) is 22.5 Å². The van der Waals surface area contributed by atoms with E-state index in [1.165, 1.54) is 4.88 Å². The van der Waals surface area contributed by atoms with Gasteiger partial charge in [0.2, 0.25) is 0 Å². The van der Waals surface area contributed by atoms with Crippen LogP contribution in [0.1, 0.15) is 35.1 Å². The molecule has 0 radical (unpaired) electrons. The molecule has 0 saturated carbocycles. The highest BCUT2D eigenvalue weighted by atomic mass is 32.2. The Morgan fingerprint density at radius 1 is 1.42 bits per heavy atom. The monoisotopic (exact) mass is 360 g/mol. The predicted octanol–water partition coefficient (Wildman–Crippen LogP) is 3.74. The second-order valence-corrected chi connectivity index (χ2v) is 7.84. The van der Waals surface area contributed by atoms with Crippen molar-refractivity contribution in [2.45, 2.75) is 25.6 Å². The maximum atomic E-state index is 12.2. The maximum absolute atomic E-state index is 12.2. The van der Waals surface area contributed by atoms with Gasteiger partial charge in [0.1, 0.15) is 0 Å². The summed E-state index contributed by atoms with van der Waals surface area (Å²) in [5.41, 5.74) is 1.39. The van der Waals surface area contributed by atoms with Gasteiger partial charge in [0.25, 0.3) is 5.91 Å². The van der Waals surface area contributed by atoms with Gasteiger partial charge in [-0.3, -0.25) is 4.79 Å². The normalized spacial score (nSPS) is 11.3. The molecular formula is C17H20N4OS2. The number of fused-ring (bicyclic) bond motifs is 1. The molecule has 0 aromatic carbocycles. The topological polar surface area (TPSA) is 59.8 Å². The Hall–Kier alpha value is -1.86. The summed E-state index contributed by atoms with van der Waals surface area (Å²) in [6.07, 6.45) is 3.38. The van der Waals surface area contributed by atoms with Gasteiger partial charge in [0.05, 0.1) is 11.8 Å². The van der Waals surface area contributed by atoms with Crippen LogP contribution in [0.4, 0.5) is 0 Å². The van der Waals surface area contributed by atoms with E-state index in [4.69, 9.17) is 0 Å². The number of rotatable bonds is 7. The van der Waals surface area contributed by atoms with Crippen LogP contribution in [-0.2, 0) is 5.75 Å². The molecule has 3 rings (SSSR count). The molecule has 3 aromatic rings. The first-order valence-electron chi connectivity index (χ1n) is 7.86. The molecule has 0 atom stereocenters. The number of amides is 1. The fraction of sp³-hybridized carbons (Fsp3) is 0.353. The highest BCUT2D eigenvalue weighted by molar-refractivity contribution is 7.98. The number of thiophene rings is 1. The van der Waals surface area contributed by atoms with Crippen LogP contribution in [0.2, 0.25) is 0 Å². The van der Waals surface area contributed by atoms with Crippen LogP contribution in [0, 0.1) is 0 Å². The van der Waals surface area contributed by atoms with Gasteiger partial charge in [-0.05, 0) is 31.4 Å². The Balaban J connectivity index is 1.52. The fourth-order valence-electron chi connectivity index (χ4n) is 2.35. The SMILES string of the molecule is CC(C)n1ncc2cc(C(=O)NCCSCc3cccs3)cnc21. The molecule has 0 aliphatic rings. The summed E-state index contributed by atoms with van der Waals surface area (Å²) in [7, 11) is 0. The lowest BCUT2D eigenvalue weighted by atomic mass is 10.2. The maximum Gasteiger partial charge on any atom is 0.252 e. The van der Waals surface area contributed by atoms with Crippen molar-refractivity contribution in [3.8, 4) is 0 Å². The van der Waals surface area contributed by atoms with E-state index in [9.17, 15) is 4.79 Å². The first kappa shape index (κ1) is 17.0. The van der Waals surface area contributed by atoms with E-state index in [1.54, 1.807) is 23.7 Å². The molecule has 0 aliphatic carbocycles. The lowest BCUT2D eigenvalue weighted by Gasteiger charge is -2.07. The van der Waals surface area contributed by atoms with Crippen molar-refractivity contribution in [3.05, 3.63) is 46.4 Å². The number of hydrogen-bond acceptors (Lipinski definition) is 5. The lowest BCUT2D eigenvalue weighted by molar-refractivity contribution is 0.0956. The quantitative estimate of drug-likeness (QED) is 0.652.